The van der Waals surface area contributed by atoms with Crippen LogP contribution in [0.25, 0.3) is 0 Å². The third kappa shape index (κ3) is 2.64. The second kappa shape index (κ2) is 4.97. The van der Waals surface area contributed by atoms with Crippen LogP contribution in [0.15, 0.2) is 33.8 Å². The number of carbonyl (C=O) groups is 1. The minimum absolute atomic E-state index is 0.0154. The number of rotatable bonds is 4. The van der Waals surface area contributed by atoms with E-state index in [1.807, 2.05) is 0 Å². The van der Waals surface area contributed by atoms with E-state index in [9.17, 15) is 13.2 Å². The van der Waals surface area contributed by atoms with Gasteiger partial charge in [0.2, 0.25) is 5.76 Å². The number of aryl methyl sites for hydroxylation is 2. The summed E-state index contributed by atoms with van der Waals surface area (Å²) < 4.78 is 31.7. The lowest BCUT2D eigenvalue weighted by Gasteiger charge is -2.08. The smallest absolute Gasteiger partial charge is 0.371 e. The highest BCUT2D eigenvalue weighted by atomic mass is 32.2. The molecule has 0 saturated heterocycles. The van der Waals surface area contributed by atoms with Gasteiger partial charge in [-0.2, -0.15) is 0 Å². The van der Waals surface area contributed by atoms with Gasteiger partial charge >= 0.3 is 5.97 Å². The molecule has 0 aliphatic heterocycles. The van der Waals surface area contributed by atoms with E-state index in [1.54, 1.807) is 6.92 Å². The number of anilines is 1. The number of furan rings is 1. The monoisotopic (exact) mass is 296 g/mol. The third-order valence-electron chi connectivity index (χ3n) is 2.64. The predicted molar refractivity (Wildman–Crippen MR) is 70.2 cm³/mol. The van der Waals surface area contributed by atoms with Gasteiger partial charge in [0.15, 0.2) is 0 Å². The van der Waals surface area contributed by atoms with Crippen molar-refractivity contribution in [2.24, 2.45) is 0 Å². The summed E-state index contributed by atoms with van der Waals surface area (Å²) >= 11 is 0. The summed E-state index contributed by atoms with van der Waals surface area (Å²) in [6.07, 6.45) is 2.97. The number of sulfonamides is 1. The van der Waals surface area contributed by atoms with Crippen LogP contribution in [0.1, 0.15) is 21.9 Å². The summed E-state index contributed by atoms with van der Waals surface area (Å²) in [7, 11) is -3.91. The molecule has 2 heterocycles. The summed E-state index contributed by atoms with van der Waals surface area (Å²) in [5.41, 5.74) is 1.02. The van der Waals surface area contributed by atoms with Crippen molar-refractivity contribution in [3.05, 3.63) is 41.6 Å². The number of aromatic nitrogens is 1. The van der Waals surface area contributed by atoms with Crippen molar-refractivity contribution in [3.8, 4) is 0 Å². The Bertz CT molecular complexity index is 764. The molecule has 0 atom stereocenters. The molecule has 0 amide bonds. The van der Waals surface area contributed by atoms with Crippen LogP contribution in [0.3, 0.4) is 0 Å². The number of aromatic carboxylic acids is 1. The van der Waals surface area contributed by atoms with Gasteiger partial charge in [0.25, 0.3) is 10.0 Å². The van der Waals surface area contributed by atoms with Crippen LogP contribution in [0, 0.1) is 13.8 Å². The van der Waals surface area contributed by atoms with Crippen molar-refractivity contribution in [3.63, 3.8) is 0 Å². The number of nitrogens with one attached hydrogen (secondary N) is 1. The Hall–Kier alpha value is -2.35. The fourth-order valence-electron chi connectivity index (χ4n) is 1.63. The lowest BCUT2D eigenvalue weighted by molar-refractivity contribution is 0.0661. The number of hydrogen-bond acceptors (Lipinski definition) is 5. The fourth-order valence-corrected chi connectivity index (χ4v) is 2.94. The molecule has 7 nitrogen and oxygen atoms in total. The zero-order chi connectivity index (χ0) is 14.9. The summed E-state index contributed by atoms with van der Waals surface area (Å²) in [4.78, 5) is 14.4. The van der Waals surface area contributed by atoms with Crippen molar-refractivity contribution in [2.75, 3.05) is 4.72 Å². The lowest BCUT2D eigenvalue weighted by atomic mass is 10.3. The maximum absolute atomic E-state index is 12.2. The van der Waals surface area contributed by atoms with E-state index in [2.05, 4.69) is 9.71 Å². The molecule has 0 bridgehead atoms. The van der Waals surface area contributed by atoms with E-state index in [0.29, 0.717) is 11.3 Å². The van der Waals surface area contributed by atoms with Crippen LogP contribution in [0.2, 0.25) is 0 Å². The molecule has 2 N–H and O–H groups in total. The molecule has 2 aromatic heterocycles. The normalized spacial score (nSPS) is 11.3. The van der Waals surface area contributed by atoms with Crippen molar-refractivity contribution in [1.29, 1.82) is 0 Å². The maximum atomic E-state index is 12.2. The number of nitrogens with zero attached hydrogens (tertiary/aromatic N) is 1. The highest BCUT2D eigenvalue weighted by molar-refractivity contribution is 7.92. The molecule has 0 radical (unpaired) electrons. The summed E-state index contributed by atoms with van der Waals surface area (Å²) in [6, 6.07) is 2.50. The summed E-state index contributed by atoms with van der Waals surface area (Å²) in [6.45, 7) is 3.09. The van der Waals surface area contributed by atoms with Gasteiger partial charge in [-0.1, -0.05) is 0 Å². The van der Waals surface area contributed by atoms with E-state index in [-0.39, 0.29) is 10.7 Å². The SMILES string of the molecule is Cc1cnccc1NS(=O)(=O)c1cc(C(=O)O)oc1C. The first kappa shape index (κ1) is 14.1. The Labute approximate surface area is 115 Å². The van der Waals surface area contributed by atoms with Gasteiger partial charge in [0.1, 0.15) is 10.7 Å². The van der Waals surface area contributed by atoms with Crippen molar-refractivity contribution in [2.45, 2.75) is 18.7 Å². The second-order valence-corrected chi connectivity index (χ2v) is 5.78. The van der Waals surface area contributed by atoms with Gasteiger partial charge < -0.3 is 9.52 Å². The van der Waals surface area contributed by atoms with Crippen LogP contribution in [-0.4, -0.2) is 24.5 Å². The van der Waals surface area contributed by atoms with Gasteiger partial charge in [-0.15, -0.1) is 0 Å². The van der Waals surface area contributed by atoms with Crippen LogP contribution < -0.4 is 4.72 Å². The van der Waals surface area contributed by atoms with Crippen LogP contribution in [0.4, 0.5) is 5.69 Å². The first-order valence-electron chi connectivity index (χ1n) is 5.58. The molecule has 0 fully saturated rings. The highest BCUT2D eigenvalue weighted by Gasteiger charge is 2.24. The average Bonchev–Trinajstić information content (AvgIpc) is 2.75. The van der Waals surface area contributed by atoms with Gasteiger partial charge in [-0.05, 0) is 25.5 Å². The molecule has 0 aliphatic carbocycles. The molecule has 0 aromatic carbocycles. The topological polar surface area (TPSA) is 110 Å². The molecule has 106 valence electrons. The van der Waals surface area contributed by atoms with E-state index < -0.39 is 21.8 Å². The molecular weight excluding hydrogens is 284 g/mol. The molecule has 20 heavy (non-hydrogen) atoms. The number of hydrogen-bond donors (Lipinski definition) is 2. The van der Waals surface area contributed by atoms with Crippen molar-refractivity contribution < 1.29 is 22.7 Å². The summed E-state index contributed by atoms with van der Waals surface area (Å²) in [5, 5.41) is 8.80. The molecule has 0 unspecified atom stereocenters. The Kier molecular flexibility index (Phi) is 3.49. The number of carboxylic acids is 1. The van der Waals surface area contributed by atoms with Crippen LogP contribution in [0.5, 0.6) is 0 Å². The highest BCUT2D eigenvalue weighted by Crippen LogP contribution is 2.23. The molecule has 2 rings (SSSR count). The average molecular weight is 296 g/mol. The molecular formula is C12H12N2O5S. The van der Waals surface area contributed by atoms with E-state index in [0.717, 1.165) is 6.07 Å². The van der Waals surface area contributed by atoms with Gasteiger partial charge in [0.05, 0.1) is 5.69 Å². The molecule has 0 aliphatic rings. The van der Waals surface area contributed by atoms with Gasteiger partial charge in [-0.25, -0.2) is 13.2 Å². The van der Waals surface area contributed by atoms with E-state index in [4.69, 9.17) is 9.52 Å². The van der Waals surface area contributed by atoms with Crippen LogP contribution >= 0.6 is 0 Å². The first-order chi connectivity index (χ1) is 9.31. The van der Waals surface area contributed by atoms with Crippen LogP contribution in [-0.2, 0) is 10.0 Å². The zero-order valence-electron chi connectivity index (χ0n) is 10.7. The molecule has 0 saturated carbocycles. The largest absolute Gasteiger partial charge is 0.475 e. The number of pyridine rings is 1. The number of carboxylic acid groups (broad SMARTS) is 1. The molecule has 0 spiro atoms. The first-order valence-corrected chi connectivity index (χ1v) is 7.07. The zero-order valence-corrected chi connectivity index (χ0v) is 11.6. The predicted octanol–water partition coefficient (Wildman–Crippen LogP) is 1.79. The second-order valence-electron chi connectivity index (χ2n) is 4.13. The van der Waals surface area contributed by atoms with Gasteiger partial charge in [-0.3, -0.25) is 9.71 Å². The lowest BCUT2D eigenvalue weighted by Crippen LogP contribution is -2.14. The standard InChI is InChI=1S/C12H12N2O5S/c1-7-6-13-4-3-9(7)14-20(17,18)11-5-10(12(15)16)19-8(11)2/h3-6H,1-2H3,(H,13,14)(H,15,16). The van der Waals surface area contributed by atoms with Gasteiger partial charge in [0, 0.05) is 18.5 Å². The minimum atomic E-state index is -3.91. The van der Waals surface area contributed by atoms with E-state index in [1.165, 1.54) is 25.4 Å². The quantitative estimate of drug-likeness (QED) is 0.890. The van der Waals surface area contributed by atoms with E-state index >= 15 is 0 Å². The van der Waals surface area contributed by atoms with Crippen molar-refractivity contribution in [1.82, 2.24) is 4.98 Å². The Morgan fingerprint density at radius 1 is 1.40 bits per heavy atom. The molecule has 8 heteroatoms. The fraction of sp³-hybridized carbons (Fsp3) is 0.167. The maximum Gasteiger partial charge on any atom is 0.371 e. The Morgan fingerprint density at radius 2 is 2.10 bits per heavy atom. The Morgan fingerprint density at radius 3 is 2.65 bits per heavy atom. The summed E-state index contributed by atoms with van der Waals surface area (Å²) in [5.74, 6) is -1.73. The minimum Gasteiger partial charge on any atom is -0.475 e. The molecule has 2 aromatic rings. The third-order valence-corrected chi connectivity index (χ3v) is 4.11. The van der Waals surface area contributed by atoms with Crippen molar-refractivity contribution >= 4 is 21.7 Å². The Balaban J connectivity index is 2.41.